The van der Waals surface area contributed by atoms with Gasteiger partial charge < -0.3 is 9.84 Å². The van der Waals surface area contributed by atoms with Crippen molar-refractivity contribution in [2.75, 3.05) is 0 Å². The van der Waals surface area contributed by atoms with Crippen LogP contribution in [-0.4, -0.2) is 35.1 Å². The van der Waals surface area contributed by atoms with Crippen molar-refractivity contribution in [2.45, 2.75) is 39.8 Å². The molecule has 1 N–H and O–H groups in total. The van der Waals surface area contributed by atoms with E-state index in [2.05, 4.69) is 20.6 Å². The van der Waals surface area contributed by atoms with Gasteiger partial charge in [0.15, 0.2) is 0 Å². The summed E-state index contributed by atoms with van der Waals surface area (Å²) in [5.41, 5.74) is 1.05. The van der Waals surface area contributed by atoms with E-state index in [0.717, 1.165) is 6.54 Å². The van der Waals surface area contributed by atoms with Crippen LogP contribution in [0.25, 0.3) is 0 Å². The SMILES string of the molecule is CCn1cc(COC(O)c2cn(CC)nn2)nn1. The first kappa shape index (κ1) is 12.7. The van der Waals surface area contributed by atoms with Gasteiger partial charge in [0.2, 0.25) is 6.29 Å². The van der Waals surface area contributed by atoms with E-state index >= 15 is 0 Å². The summed E-state index contributed by atoms with van der Waals surface area (Å²) in [5.74, 6) is 0. The molecule has 0 aliphatic heterocycles. The summed E-state index contributed by atoms with van der Waals surface area (Å²) in [6, 6.07) is 0. The van der Waals surface area contributed by atoms with Crippen LogP contribution in [0.5, 0.6) is 0 Å². The number of hydrogen-bond acceptors (Lipinski definition) is 6. The quantitative estimate of drug-likeness (QED) is 0.734. The highest BCUT2D eigenvalue weighted by atomic mass is 16.6. The third kappa shape index (κ3) is 2.90. The zero-order chi connectivity index (χ0) is 13.0. The maximum absolute atomic E-state index is 9.76. The summed E-state index contributed by atoms with van der Waals surface area (Å²) < 4.78 is 8.57. The van der Waals surface area contributed by atoms with Crippen molar-refractivity contribution < 1.29 is 9.84 Å². The van der Waals surface area contributed by atoms with E-state index in [0.29, 0.717) is 17.9 Å². The Balaban J connectivity index is 1.89. The van der Waals surface area contributed by atoms with Crippen LogP contribution >= 0.6 is 0 Å². The Morgan fingerprint density at radius 1 is 1.17 bits per heavy atom. The van der Waals surface area contributed by atoms with Gasteiger partial charge >= 0.3 is 0 Å². The van der Waals surface area contributed by atoms with Crippen molar-refractivity contribution in [3.05, 3.63) is 23.8 Å². The van der Waals surface area contributed by atoms with Gasteiger partial charge in [-0.05, 0) is 13.8 Å². The Hall–Kier alpha value is -1.80. The predicted molar refractivity (Wildman–Crippen MR) is 61.1 cm³/mol. The van der Waals surface area contributed by atoms with E-state index in [4.69, 9.17) is 4.74 Å². The lowest BCUT2D eigenvalue weighted by Crippen LogP contribution is -2.04. The van der Waals surface area contributed by atoms with E-state index in [1.807, 2.05) is 13.8 Å². The van der Waals surface area contributed by atoms with Crippen molar-refractivity contribution in [1.82, 2.24) is 30.0 Å². The molecular formula is C10H16N6O2. The molecule has 0 saturated carbocycles. The number of rotatable bonds is 6. The Morgan fingerprint density at radius 3 is 2.44 bits per heavy atom. The van der Waals surface area contributed by atoms with Gasteiger partial charge in [0, 0.05) is 13.1 Å². The van der Waals surface area contributed by atoms with Crippen LogP contribution in [0.1, 0.15) is 31.5 Å². The molecule has 2 rings (SSSR count). The van der Waals surface area contributed by atoms with Crippen LogP contribution in [0, 0.1) is 0 Å². The number of aryl methyl sites for hydroxylation is 2. The molecule has 0 spiro atoms. The molecule has 18 heavy (non-hydrogen) atoms. The highest BCUT2D eigenvalue weighted by Gasteiger charge is 2.13. The van der Waals surface area contributed by atoms with Crippen LogP contribution in [0.3, 0.4) is 0 Å². The van der Waals surface area contributed by atoms with Crippen LogP contribution < -0.4 is 0 Å². The fourth-order valence-corrected chi connectivity index (χ4v) is 1.39. The van der Waals surface area contributed by atoms with E-state index < -0.39 is 6.29 Å². The highest BCUT2D eigenvalue weighted by Crippen LogP contribution is 2.12. The van der Waals surface area contributed by atoms with Crippen molar-refractivity contribution in [3.8, 4) is 0 Å². The molecule has 1 unspecified atom stereocenters. The van der Waals surface area contributed by atoms with E-state index in [1.165, 1.54) is 0 Å². The summed E-state index contributed by atoms with van der Waals surface area (Å²) in [6.07, 6.45) is 2.32. The number of aliphatic hydroxyl groups excluding tert-OH is 1. The average molecular weight is 252 g/mol. The summed E-state index contributed by atoms with van der Waals surface area (Å²) in [6.45, 7) is 5.54. The Bertz CT molecular complexity index is 494. The van der Waals surface area contributed by atoms with Crippen molar-refractivity contribution >= 4 is 0 Å². The molecule has 2 heterocycles. The fraction of sp³-hybridized carbons (Fsp3) is 0.600. The Morgan fingerprint density at radius 2 is 1.83 bits per heavy atom. The van der Waals surface area contributed by atoms with Gasteiger partial charge in [-0.1, -0.05) is 10.4 Å². The molecule has 0 fully saturated rings. The minimum absolute atomic E-state index is 0.181. The zero-order valence-electron chi connectivity index (χ0n) is 10.4. The molecule has 0 aliphatic carbocycles. The van der Waals surface area contributed by atoms with E-state index in [-0.39, 0.29) is 6.61 Å². The highest BCUT2D eigenvalue weighted by molar-refractivity contribution is 4.95. The first-order chi connectivity index (χ1) is 8.72. The van der Waals surface area contributed by atoms with Gasteiger partial charge in [0.25, 0.3) is 0 Å². The number of hydrogen-bond donors (Lipinski definition) is 1. The molecule has 0 aromatic carbocycles. The van der Waals surface area contributed by atoms with Gasteiger partial charge in [-0.25, -0.2) is 0 Å². The third-order valence-electron chi connectivity index (χ3n) is 2.43. The molecule has 0 amide bonds. The minimum Gasteiger partial charge on any atom is -0.363 e. The maximum Gasteiger partial charge on any atom is 0.202 e. The summed E-state index contributed by atoms with van der Waals surface area (Å²) >= 11 is 0. The minimum atomic E-state index is -1.10. The third-order valence-corrected chi connectivity index (χ3v) is 2.43. The Kier molecular flexibility index (Phi) is 4.00. The van der Waals surface area contributed by atoms with Crippen molar-refractivity contribution in [1.29, 1.82) is 0 Å². The summed E-state index contributed by atoms with van der Waals surface area (Å²) in [5, 5.41) is 25.2. The monoisotopic (exact) mass is 252 g/mol. The van der Waals surface area contributed by atoms with Crippen LogP contribution in [0.4, 0.5) is 0 Å². The topological polar surface area (TPSA) is 90.9 Å². The molecule has 98 valence electrons. The maximum atomic E-state index is 9.76. The van der Waals surface area contributed by atoms with Crippen molar-refractivity contribution in [2.24, 2.45) is 0 Å². The van der Waals surface area contributed by atoms with Gasteiger partial charge in [0.1, 0.15) is 11.4 Å². The summed E-state index contributed by atoms with van der Waals surface area (Å²) in [4.78, 5) is 0. The van der Waals surface area contributed by atoms with Gasteiger partial charge in [0.05, 0.1) is 19.0 Å². The second kappa shape index (κ2) is 5.69. The first-order valence-electron chi connectivity index (χ1n) is 5.81. The number of nitrogens with zero attached hydrogens (tertiary/aromatic N) is 6. The molecule has 0 aliphatic rings. The van der Waals surface area contributed by atoms with E-state index in [1.54, 1.807) is 21.8 Å². The molecule has 2 aromatic rings. The lowest BCUT2D eigenvalue weighted by molar-refractivity contribution is -0.115. The number of aliphatic hydroxyl groups is 1. The Labute approximate surface area is 104 Å². The number of ether oxygens (including phenoxy) is 1. The standard InChI is InChI=1S/C10H16N6O2/c1-3-15-5-8(11-13-15)7-18-10(17)9-6-16(4-2)14-12-9/h5-6,10,17H,3-4,7H2,1-2H3. The normalized spacial score (nSPS) is 12.8. The van der Waals surface area contributed by atoms with Gasteiger partial charge in [-0.15, -0.1) is 10.2 Å². The molecular weight excluding hydrogens is 236 g/mol. The molecule has 0 bridgehead atoms. The van der Waals surface area contributed by atoms with Crippen LogP contribution in [-0.2, 0) is 24.4 Å². The number of aromatic nitrogens is 6. The second-order valence-corrected chi connectivity index (χ2v) is 3.73. The van der Waals surface area contributed by atoms with Gasteiger partial charge in [-0.3, -0.25) is 9.36 Å². The second-order valence-electron chi connectivity index (χ2n) is 3.73. The van der Waals surface area contributed by atoms with Gasteiger partial charge in [-0.2, -0.15) is 0 Å². The first-order valence-corrected chi connectivity index (χ1v) is 5.81. The molecule has 1 atom stereocenters. The lowest BCUT2D eigenvalue weighted by atomic mass is 10.4. The summed E-state index contributed by atoms with van der Waals surface area (Å²) in [7, 11) is 0. The molecule has 0 radical (unpaired) electrons. The molecule has 8 nitrogen and oxygen atoms in total. The molecule has 8 heteroatoms. The molecule has 2 aromatic heterocycles. The van der Waals surface area contributed by atoms with E-state index in [9.17, 15) is 5.11 Å². The lowest BCUT2D eigenvalue weighted by Gasteiger charge is -2.06. The molecule has 0 saturated heterocycles. The van der Waals surface area contributed by atoms with Crippen LogP contribution in [0.15, 0.2) is 12.4 Å². The fourth-order valence-electron chi connectivity index (χ4n) is 1.39. The predicted octanol–water partition coefficient (Wildman–Crippen LogP) is 0.117. The largest absolute Gasteiger partial charge is 0.363 e. The smallest absolute Gasteiger partial charge is 0.202 e. The average Bonchev–Trinajstić information content (AvgIpc) is 3.04. The zero-order valence-corrected chi connectivity index (χ0v) is 10.4. The van der Waals surface area contributed by atoms with Crippen molar-refractivity contribution in [3.63, 3.8) is 0 Å². The van der Waals surface area contributed by atoms with Crippen LogP contribution in [0.2, 0.25) is 0 Å².